The number of rotatable bonds is 4. The van der Waals surface area contributed by atoms with E-state index in [-0.39, 0.29) is 0 Å². The zero-order valence-corrected chi connectivity index (χ0v) is 13.2. The number of nitriles is 1. The summed E-state index contributed by atoms with van der Waals surface area (Å²) in [4.78, 5) is 0.748. The zero-order chi connectivity index (χ0) is 14.5. The van der Waals surface area contributed by atoms with Crippen LogP contribution in [-0.2, 0) is 16.6 Å². The van der Waals surface area contributed by atoms with Gasteiger partial charge >= 0.3 is 0 Å². The molecular weight excluding hydrogens is 338 g/mol. The molecule has 0 aliphatic rings. The Bertz CT molecular complexity index is 677. The molecule has 0 spiro atoms. The molecule has 2 rings (SSSR count). The molecule has 1 unspecified atom stereocenters. The van der Waals surface area contributed by atoms with Gasteiger partial charge in [-0.1, -0.05) is 15.9 Å². The molecule has 0 bridgehead atoms. The molecule has 0 saturated carbocycles. The first-order valence-electron chi connectivity index (χ1n) is 5.85. The van der Waals surface area contributed by atoms with E-state index in [1.165, 1.54) is 0 Å². The maximum atomic E-state index is 12.4. The minimum atomic E-state index is -1.18. The standard InChI is InChI=1S/C15H12BrNO2S/c1-19-15-7-2-11(9-17)8-12(15)10-20(18)14-5-3-13(16)4-6-14/h2-8H,10H2,1H3. The van der Waals surface area contributed by atoms with Crippen molar-refractivity contribution < 1.29 is 8.95 Å². The van der Waals surface area contributed by atoms with E-state index >= 15 is 0 Å². The number of hydrogen-bond donors (Lipinski definition) is 0. The largest absolute Gasteiger partial charge is 0.496 e. The molecule has 0 radical (unpaired) electrons. The lowest BCUT2D eigenvalue weighted by molar-refractivity contribution is 0.411. The summed E-state index contributed by atoms with van der Waals surface area (Å²) in [5.74, 6) is 0.967. The van der Waals surface area contributed by atoms with Gasteiger partial charge in [0.2, 0.25) is 0 Å². The van der Waals surface area contributed by atoms with Crippen LogP contribution in [0.1, 0.15) is 11.1 Å². The first-order valence-corrected chi connectivity index (χ1v) is 7.96. The van der Waals surface area contributed by atoms with Crippen molar-refractivity contribution >= 4 is 26.7 Å². The Morgan fingerprint density at radius 2 is 1.95 bits per heavy atom. The molecule has 20 heavy (non-hydrogen) atoms. The van der Waals surface area contributed by atoms with Crippen LogP contribution in [0.4, 0.5) is 0 Å². The second kappa shape index (κ2) is 6.69. The normalized spacial score (nSPS) is 11.7. The third kappa shape index (κ3) is 3.47. The van der Waals surface area contributed by atoms with Crippen LogP contribution in [-0.4, -0.2) is 11.3 Å². The van der Waals surface area contributed by atoms with E-state index < -0.39 is 10.8 Å². The fourth-order valence-electron chi connectivity index (χ4n) is 1.77. The van der Waals surface area contributed by atoms with Crippen molar-refractivity contribution in [2.75, 3.05) is 7.11 Å². The maximum absolute atomic E-state index is 12.4. The van der Waals surface area contributed by atoms with E-state index in [0.717, 1.165) is 14.9 Å². The van der Waals surface area contributed by atoms with Crippen LogP contribution < -0.4 is 4.74 Å². The maximum Gasteiger partial charge on any atom is 0.123 e. The summed E-state index contributed by atoms with van der Waals surface area (Å²) < 4.78 is 18.5. The molecule has 0 amide bonds. The van der Waals surface area contributed by atoms with Gasteiger partial charge in [0.15, 0.2) is 0 Å². The van der Waals surface area contributed by atoms with Gasteiger partial charge in [-0.15, -0.1) is 0 Å². The second-order valence-corrected chi connectivity index (χ2v) is 6.45. The van der Waals surface area contributed by atoms with Crippen molar-refractivity contribution in [2.45, 2.75) is 10.6 Å². The Morgan fingerprint density at radius 3 is 2.55 bits per heavy atom. The molecule has 102 valence electrons. The van der Waals surface area contributed by atoms with Gasteiger partial charge in [-0.25, -0.2) is 0 Å². The molecule has 2 aromatic rings. The smallest absolute Gasteiger partial charge is 0.123 e. The van der Waals surface area contributed by atoms with E-state index in [0.29, 0.717) is 17.1 Å². The molecule has 0 heterocycles. The molecule has 0 N–H and O–H groups in total. The molecule has 0 saturated heterocycles. The van der Waals surface area contributed by atoms with Crippen LogP contribution in [0.5, 0.6) is 5.75 Å². The molecule has 2 aromatic carbocycles. The quantitative estimate of drug-likeness (QED) is 0.846. The van der Waals surface area contributed by atoms with Crippen molar-refractivity contribution in [1.29, 1.82) is 5.26 Å². The van der Waals surface area contributed by atoms with Crippen molar-refractivity contribution in [2.24, 2.45) is 0 Å². The molecule has 5 heteroatoms. The monoisotopic (exact) mass is 349 g/mol. The minimum Gasteiger partial charge on any atom is -0.496 e. The van der Waals surface area contributed by atoms with Gasteiger partial charge in [-0.2, -0.15) is 5.26 Å². The molecule has 0 aliphatic carbocycles. The summed E-state index contributed by atoms with van der Waals surface area (Å²) in [6, 6.07) is 14.6. The number of halogens is 1. The topological polar surface area (TPSA) is 50.1 Å². The molecule has 1 atom stereocenters. The summed E-state index contributed by atoms with van der Waals surface area (Å²) in [5.41, 5.74) is 1.31. The van der Waals surface area contributed by atoms with Gasteiger partial charge in [0.05, 0.1) is 35.3 Å². The van der Waals surface area contributed by atoms with Gasteiger partial charge in [-0.3, -0.25) is 4.21 Å². The van der Waals surface area contributed by atoms with Crippen LogP contribution in [0.3, 0.4) is 0 Å². The van der Waals surface area contributed by atoms with E-state index in [2.05, 4.69) is 22.0 Å². The lowest BCUT2D eigenvalue weighted by atomic mass is 10.1. The highest BCUT2D eigenvalue weighted by atomic mass is 79.9. The Kier molecular flexibility index (Phi) is 4.94. The number of benzene rings is 2. The van der Waals surface area contributed by atoms with E-state index in [9.17, 15) is 4.21 Å². The first-order chi connectivity index (χ1) is 9.63. The number of methoxy groups -OCH3 is 1. The molecular formula is C15H12BrNO2S. The lowest BCUT2D eigenvalue weighted by Gasteiger charge is -2.09. The average Bonchev–Trinajstić information content (AvgIpc) is 2.47. The summed E-state index contributed by atoms with van der Waals surface area (Å²) in [6.45, 7) is 0. The van der Waals surface area contributed by atoms with Crippen LogP contribution in [0.25, 0.3) is 0 Å². The Balaban J connectivity index is 2.27. The fraction of sp³-hybridized carbons (Fsp3) is 0.133. The van der Waals surface area contributed by atoms with Crippen LogP contribution in [0, 0.1) is 11.3 Å². The SMILES string of the molecule is COc1ccc(C#N)cc1CS(=O)c1ccc(Br)cc1. The Hall–Kier alpha value is -1.64. The second-order valence-electron chi connectivity index (χ2n) is 4.08. The highest BCUT2D eigenvalue weighted by Crippen LogP contribution is 2.23. The average molecular weight is 350 g/mol. The van der Waals surface area contributed by atoms with Crippen molar-refractivity contribution in [3.05, 3.63) is 58.1 Å². The number of nitrogens with zero attached hydrogens (tertiary/aromatic N) is 1. The van der Waals surface area contributed by atoms with Crippen molar-refractivity contribution in [3.8, 4) is 11.8 Å². The summed E-state index contributed by atoms with van der Waals surface area (Å²) >= 11 is 3.35. The van der Waals surface area contributed by atoms with E-state index in [4.69, 9.17) is 10.00 Å². The van der Waals surface area contributed by atoms with Gasteiger partial charge in [0.1, 0.15) is 5.75 Å². The number of ether oxygens (including phenoxy) is 1. The third-order valence-corrected chi connectivity index (χ3v) is 4.67. The summed E-state index contributed by atoms with van der Waals surface area (Å²) in [5, 5.41) is 8.94. The summed E-state index contributed by atoms with van der Waals surface area (Å²) in [7, 11) is 0.388. The molecule has 3 nitrogen and oxygen atoms in total. The summed E-state index contributed by atoms with van der Waals surface area (Å²) in [6.07, 6.45) is 0. The van der Waals surface area contributed by atoms with Gasteiger partial charge in [0.25, 0.3) is 0 Å². The molecule has 0 fully saturated rings. The first kappa shape index (κ1) is 14.8. The Morgan fingerprint density at radius 1 is 1.25 bits per heavy atom. The van der Waals surface area contributed by atoms with Crippen LogP contribution in [0.2, 0.25) is 0 Å². The predicted molar refractivity (Wildman–Crippen MR) is 82.0 cm³/mol. The molecule has 0 aliphatic heterocycles. The van der Waals surface area contributed by atoms with E-state index in [1.807, 2.05) is 24.3 Å². The van der Waals surface area contributed by atoms with Crippen molar-refractivity contribution in [3.63, 3.8) is 0 Å². The zero-order valence-electron chi connectivity index (χ0n) is 10.8. The Labute approximate surface area is 128 Å². The fourth-order valence-corrected chi connectivity index (χ4v) is 3.15. The van der Waals surface area contributed by atoms with Crippen LogP contribution in [0.15, 0.2) is 51.8 Å². The van der Waals surface area contributed by atoms with Gasteiger partial charge < -0.3 is 4.74 Å². The number of hydrogen-bond acceptors (Lipinski definition) is 3. The predicted octanol–water partition coefficient (Wildman–Crippen LogP) is 3.64. The molecule has 0 aromatic heterocycles. The van der Waals surface area contributed by atoms with Crippen molar-refractivity contribution in [1.82, 2.24) is 0 Å². The third-order valence-electron chi connectivity index (χ3n) is 2.77. The minimum absolute atomic E-state index is 0.320. The highest BCUT2D eigenvalue weighted by molar-refractivity contribution is 9.10. The van der Waals surface area contributed by atoms with Crippen LogP contribution >= 0.6 is 15.9 Å². The lowest BCUT2D eigenvalue weighted by Crippen LogP contribution is -2.00. The van der Waals surface area contributed by atoms with Gasteiger partial charge in [0, 0.05) is 14.9 Å². The highest BCUT2D eigenvalue weighted by Gasteiger charge is 2.10. The van der Waals surface area contributed by atoms with Gasteiger partial charge in [-0.05, 0) is 42.5 Å². The van der Waals surface area contributed by atoms with E-state index in [1.54, 1.807) is 25.3 Å².